The van der Waals surface area contributed by atoms with E-state index in [1.165, 1.54) is 46.5 Å². The Bertz CT molecular complexity index is 599. The summed E-state index contributed by atoms with van der Waals surface area (Å²) < 4.78 is 1.37. The van der Waals surface area contributed by atoms with E-state index < -0.39 is 0 Å². The van der Waals surface area contributed by atoms with Gasteiger partial charge in [-0.3, -0.25) is 4.90 Å². The summed E-state index contributed by atoms with van der Waals surface area (Å²) in [6.07, 6.45) is 2.54. The molecule has 2 aromatic rings. The smallest absolute Gasteiger partial charge is 0.0349 e. The second kappa shape index (κ2) is 6.44. The maximum absolute atomic E-state index is 5.97. The van der Waals surface area contributed by atoms with Crippen molar-refractivity contribution in [3.63, 3.8) is 0 Å². The number of hydrogen-bond acceptors (Lipinski definition) is 4. The van der Waals surface area contributed by atoms with E-state index in [4.69, 9.17) is 5.73 Å². The highest BCUT2D eigenvalue weighted by Gasteiger charge is 2.22. The molecule has 1 fully saturated rings. The van der Waals surface area contributed by atoms with Crippen LogP contribution in [0.15, 0.2) is 24.3 Å². The second-order valence-corrected chi connectivity index (χ2v) is 7.29. The van der Waals surface area contributed by atoms with Crippen LogP contribution >= 0.6 is 11.3 Å². The van der Waals surface area contributed by atoms with Crippen molar-refractivity contribution >= 4 is 21.4 Å². The lowest BCUT2D eigenvalue weighted by atomic mass is 10.0. The van der Waals surface area contributed by atoms with Crippen molar-refractivity contribution in [2.45, 2.75) is 32.0 Å². The van der Waals surface area contributed by atoms with Gasteiger partial charge < -0.3 is 10.6 Å². The fourth-order valence-corrected chi connectivity index (χ4v) is 4.40. The predicted octanol–water partition coefficient (Wildman–Crippen LogP) is 2.89. The quantitative estimate of drug-likeness (QED) is 0.942. The minimum atomic E-state index is 0.649. The van der Waals surface area contributed by atoms with Gasteiger partial charge in [-0.15, -0.1) is 11.3 Å². The van der Waals surface area contributed by atoms with Crippen LogP contribution in [0.25, 0.3) is 10.1 Å². The number of benzene rings is 1. The highest BCUT2D eigenvalue weighted by Crippen LogP contribution is 2.32. The summed E-state index contributed by atoms with van der Waals surface area (Å²) in [6, 6.07) is 9.39. The van der Waals surface area contributed by atoms with Crippen LogP contribution in [0.3, 0.4) is 0 Å². The number of fused-ring (bicyclic) bond motifs is 1. The van der Waals surface area contributed by atoms with E-state index >= 15 is 0 Å². The molecular weight excluding hydrogens is 278 g/mol. The Kier molecular flexibility index (Phi) is 4.60. The van der Waals surface area contributed by atoms with Crippen molar-refractivity contribution < 1.29 is 0 Å². The maximum atomic E-state index is 5.97. The lowest BCUT2D eigenvalue weighted by Crippen LogP contribution is -2.41. The number of thiophene rings is 1. The van der Waals surface area contributed by atoms with Crippen LogP contribution in [0.5, 0.6) is 0 Å². The van der Waals surface area contributed by atoms with Crippen LogP contribution in [0.1, 0.15) is 23.3 Å². The van der Waals surface area contributed by atoms with Crippen LogP contribution < -0.4 is 5.73 Å². The van der Waals surface area contributed by atoms with Crippen molar-refractivity contribution in [1.29, 1.82) is 0 Å². The molecule has 2 heterocycles. The molecule has 3 rings (SSSR count). The van der Waals surface area contributed by atoms with E-state index in [0.29, 0.717) is 12.6 Å². The molecule has 1 aliphatic rings. The Morgan fingerprint density at radius 2 is 2.00 bits per heavy atom. The first-order chi connectivity index (χ1) is 10.2. The lowest BCUT2D eigenvalue weighted by Gasteiger charge is -2.35. The largest absolute Gasteiger partial charge is 0.326 e. The molecular formula is C17H25N3S. The minimum absolute atomic E-state index is 0.649. The van der Waals surface area contributed by atoms with Crippen LogP contribution in [-0.4, -0.2) is 43.0 Å². The van der Waals surface area contributed by atoms with Crippen molar-refractivity contribution in [3.05, 3.63) is 34.7 Å². The zero-order valence-corrected chi connectivity index (χ0v) is 13.8. The third kappa shape index (κ3) is 3.14. The number of likely N-dealkylation sites (tertiary alicyclic amines) is 1. The molecule has 0 spiro atoms. The molecule has 1 saturated heterocycles. The monoisotopic (exact) mass is 303 g/mol. The molecule has 4 heteroatoms. The molecule has 0 atom stereocenters. The zero-order valence-electron chi connectivity index (χ0n) is 13.0. The minimum Gasteiger partial charge on any atom is -0.326 e. The lowest BCUT2D eigenvalue weighted by molar-refractivity contribution is 0.139. The fourth-order valence-electron chi connectivity index (χ4n) is 3.30. The first kappa shape index (κ1) is 15.0. The summed E-state index contributed by atoms with van der Waals surface area (Å²) in [4.78, 5) is 6.30. The first-order valence-electron chi connectivity index (χ1n) is 7.77. The Balaban J connectivity index is 1.80. The van der Waals surface area contributed by atoms with E-state index in [9.17, 15) is 0 Å². The summed E-state index contributed by atoms with van der Waals surface area (Å²) in [5.74, 6) is 0. The van der Waals surface area contributed by atoms with Gasteiger partial charge in [0.1, 0.15) is 0 Å². The van der Waals surface area contributed by atoms with E-state index in [1.807, 2.05) is 11.3 Å². The number of nitrogens with two attached hydrogens (primary N) is 1. The van der Waals surface area contributed by atoms with Gasteiger partial charge in [0, 0.05) is 28.7 Å². The Morgan fingerprint density at radius 1 is 1.29 bits per heavy atom. The molecule has 3 nitrogen and oxygen atoms in total. The Morgan fingerprint density at radius 3 is 2.71 bits per heavy atom. The average molecular weight is 303 g/mol. The van der Waals surface area contributed by atoms with E-state index in [1.54, 1.807) is 0 Å². The molecule has 0 bridgehead atoms. The summed E-state index contributed by atoms with van der Waals surface area (Å²) >= 11 is 1.85. The van der Waals surface area contributed by atoms with Gasteiger partial charge in [-0.25, -0.2) is 0 Å². The fraction of sp³-hybridized carbons (Fsp3) is 0.529. The summed E-state index contributed by atoms with van der Waals surface area (Å²) in [7, 11) is 4.48. The number of piperidine rings is 1. The summed E-state index contributed by atoms with van der Waals surface area (Å²) in [5.41, 5.74) is 7.42. The molecule has 0 saturated carbocycles. The molecule has 2 N–H and O–H groups in total. The normalized spacial score (nSPS) is 17.9. The standard InChI is InChI=1S/C17H25N3S/c1-19-9-7-13(8-10-19)20(2)12-15-14-5-3-4-6-16(14)21-17(15)11-18/h3-6,13H,7-12,18H2,1-2H3. The second-order valence-electron chi connectivity index (χ2n) is 6.15. The highest BCUT2D eigenvalue weighted by atomic mass is 32.1. The molecule has 21 heavy (non-hydrogen) atoms. The van der Waals surface area contributed by atoms with Gasteiger partial charge in [0.15, 0.2) is 0 Å². The zero-order chi connectivity index (χ0) is 14.8. The van der Waals surface area contributed by atoms with Gasteiger partial charge in [0.25, 0.3) is 0 Å². The first-order valence-corrected chi connectivity index (χ1v) is 8.59. The molecule has 0 unspecified atom stereocenters. The number of hydrogen-bond donors (Lipinski definition) is 1. The van der Waals surface area contributed by atoms with Gasteiger partial charge in [0.05, 0.1) is 0 Å². The van der Waals surface area contributed by atoms with Crippen molar-refractivity contribution in [3.8, 4) is 0 Å². The van der Waals surface area contributed by atoms with Crippen molar-refractivity contribution in [2.24, 2.45) is 5.73 Å². The summed E-state index contributed by atoms with van der Waals surface area (Å²) in [5, 5.41) is 1.39. The third-order valence-electron chi connectivity index (χ3n) is 4.69. The molecule has 0 amide bonds. The van der Waals surface area contributed by atoms with E-state index in [2.05, 4.69) is 48.2 Å². The van der Waals surface area contributed by atoms with Crippen molar-refractivity contribution in [1.82, 2.24) is 9.80 Å². The van der Waals surface area contributed by atoms with Crippen molar-refractivity contribution in [2.75, 3.05) is 27.2 Å². The van der Waals surface area contributed by atoms with Crippen LogP contribution in [0.4, 0.5) is 0 Å². The number of rotatable bonds is 4. The van der Waals surface area contributed by atoms with E-state index in [0.717, 1.165) is 6.54 Å². The highest BCUT2D eigenvalue weighted by molar-refractivity contribution is 7.19. The van der Waals surface area contributed by atoms with Gasteiger partial charge >= 0.3 is 0 Å². The van der Waals surface area contributed by atoms with Gasteiger partial charge in [-0.1, -0.05) is 18.2 Å². The number of nitrogens with zero attached hydrogens (tertiary/aromatic N) is 2. The predicted molar refractivity (Wildman–Crippen MR) is 91.7 cm³/mol. The Hall–Kier alpha value is -0.940. The molecule has 1 aliphatic heterocycles. The third-order valence-corrected chi connectivity index (χ3v) is 5.92. The average Bonchev–Trinajstić information content (AvgIpc) is 2.86. The molecule has 1 aromatic carbocycles. The van der Waals surface area contributed by atoms with Crippen LogP contribution in [0.2, 0.25) is 0 Å². The molecule has 1 aromatic heterocycles. The molecule has 114 valence electrons. The topological polar surface area (TPSA) is 32.5 Å². The molecule has 0 aliphatic carbocycles. The van der Waals surface area contributed by atoms with Gasteiger partial charge in [0.2, 0.25) is 0 Å². The SMILES string of the molecule is CN1CCC(N(C)Cc2c(CN)sc3ccccc23)CC1. The Labute approximate surface area is 131 Å². The molecule has 0 radical (unpaired) electrons. The van der Waals surface area contributed by atoms with Gasteiger partial charge in [-0.05, 0) is 57.0 Å². The van der Waals surface area contributed by atoms with E-state index in [-0.39, 0.29) is 0 Å². The maximum Gasteiger partial charge on any atom is 0.0349 e. The van der Waals surface area contributed by atoms with Crippen LogP contribution in [0, 0.1) is 0 Å². The van der Waals surface area contributed by atoms with Gasteiger partial charge in [-0.2, -0.15) is 0 Å². The summed E-state index contributed by atoms with van der Waals surface area (Å²) in [6.45, 7) is 4.09. The van der Waals surface area contributed by atoms with Crippen LogP contribution in [-0.2, 0) is 13.1 Å².